The van der Waals surface area contributed by atoms with Crippen LogP contribution in [0.1, 0.15) is 16.8 Å². The first-order chi connectivity index (χ1) is 13.9. The maximum absolute atomic E-state index is 13.3. The molecule has 0 amide bonds. The molecule has 3 rings (SSSR count). The van der Waals surface area contributed by atoms with Crippen molar-refractivity contribution in [3.8, 4) is 11.5 Å². The highest BCUT2D eigenvalue weighted by Gasteiger charge is 2.26. The molecule has 0 bridgehead atoms. The van der Waals surface area contributed by atoms with Gasteiger partial charge in [-0.25, -0.2) is 9.18 Å². The van der Waals surface area contributed by atoms with Gasteiger partial charge in [0.05, 0.1) is 5.39 Å². The van der Waals surface area contributed by atoms with Crippen LogP contribution in [0.4, 0.5) is 18.0 Å². The lowest BCUT2D eigenvalue weighted by Crippen LogP contribution is -2.04. The monoisotopic (exact) mass is 432 g/mol. The normalized spacial score (nSPS) is 11.2. The van der Waals surface area contributed by atoms with Crippen LogP contribution in [0.5, 0.6) is 11.5 Å². The maximum Gasteiger partial charge on any atom is 0.328 e. The number of carboxylic acids is 1. The number of aromatic nitrogens is 2. The van der Waals surface area contributed by atoms with E-state index in [9.17, 15) is 22.8 Å². The summed E-state index contributed by atoms with van der Waals surface area (Å²) in [6, 6.07) is 4.56. The molecule has 1 aromatic heterocycles. The van der Waals surface area contributed by atoms with Gasteiger partial charge in [0.25, 0.3) is 0 Å². The van der Waals surface area contributed by atoms with Gasteiger partial charge in [-0.15, -0.1) is 5.10 Å². The van der Waals surface area contributed by atoms with Crippen LogP contribution in [0.2, 0.25) is 5.02 Å². The van der Waals surface area contributed by atoms with Crippen LogP contribution in [0.15, 0.2) is 30.3 Å². The first-order valence-corrected chi connectivity index (χ1v) is 8.07. The van der Waals surface area contributed by atoms with E-state index >= 15 is 0 Å². The van der Waals surface area contributed by atoms with Gasteiger partial charge in [-0.2, -0.15) is 5.04 Å². The topological polar surface area (TPSA) is 82.8 Å². The molecular formula is C17H9ClF4N2O5. The summed E-state index contributed by atoms with van der Waals surface area (Å²) in [4.78, 5) is 18.5. The van der Waals surface area contributed by atoms with Crippen molar-refractivity contribution in [3.63, 3.8) is 0 Å². The summed E-state index contributed by atoms with van der Waals surface area (Å²) in [6.45, 7) is 0. The number of carboxylic acid groups (broad SMARTS) is 1. The standard InChI is InChI=1S/C17H9ClF4N2O5/c18-11-7-10(19)2-1-8(11)5-9-6-13-15(17(28-21)16(9)27-20)12(3-4-14(25)26)23-24(13)29-22/h1-4,6-7H,5H2,(H,25,26)/b4-3+. The molecule has 1 N–H and O–H groups in total. The van der Waals surface area contributed by atoms with Crippen LogP contribution in [0.3, 0.4) is 0 Å². The van der Waals surface area contributed by atoms with Crippen LogP contribution < -0.4 is 14.9 Å². The molecule has 12 heteroatoms. The van der Waals surface area contributed by atoms with E-state index in [1.165, 1.54) is 6.07 Å². The number of carbonyl (C=O) groups is 1. The lowest BCUT2D eigenvalue weighted by molar-refractivity contribution is -0.146. The van der Waals surface area contributed by atoms with Gasteiger partial charge in [-0.3, -0.25) is 9.88 Å². The molecule has 0 saturated carbocycles. The first kappa shape index (κ1) is 20.3. The first-order valence-electron chi connectivity index (χ1n) is 7.69. The second-order valence-electron chi connectivity index (χ2n) is 5.65. The van der Waals surface area contributed by atoms with E-state index in [1.54, 1.807) is 0 Å². The second kappa shape index (κ2) is 8.27. The van der Waals surface area contributed by atoms with Crippen molar-refractivity contribution in [1.82, 2.24) is 9.94 Å². The van der Waals surface area contributed by atoms with Gasteiger partial charge in [0, 0.05) is 36.7 Å². The third-order valence-electron chi connectivity index (χ3n) is 3.95. The lowest BCUT2D eigenvalue weighted by Gasteiger charge is -2.11. The summed E-state index contributed by atoms with van der Waals surface area (Å²) in [7, 11) is 0. The molecule has 0 fully saturated rings. The van der Waals surface area contributed by atoms with Gasteiger partial charge >= 0.3 is 5.97 Å². The van der Waals surface area contributed by atoms with E-state index in [-0.39, 0.29) is 33.6 Å². The predicted octanol–water partition coefficient (Wildman–Crippen LogP) is 4.36. The molecule has 0 aliphatic carbocycles. The van der Waals surface area contributed by atoms with Gasteiger partial charge < -0.3 is 5.11 Å². The van der Waals surface area contributed by atoms with Crippen molar-refractivity contribution in [3.05, 3.63) is 58.0 Å². The molecule has 0 unspecified atom stereocenters. The number of halogens is 5. The van der Waals surface area contributed by atoms with E-state index in [0.717, 1.165) is 24.3 Å². The van der Waals surface area contributed by atoms with Gasteiger partial charge in [0.15, 0.2) is 0 Å². The van der Waals surface area contributed by atoms with Gasteiger partial charge in [-0.05, 0) is 29.8 Å². The average Bonchev–Trinajstić information content (AvgIpc) is 3.04. The molecule has 0 aliphatic heterocycles. The van der Waals surface area contributed by atoms with E-state index in [4.69, 9.17) is 16.7 Å². The van der Waals surface area contributed by atoms with Gasteiger partial charge in [0.2, 0.25) is 11.5 Å². The summed E-state index contributed by atoms with van der Waals surface area (Å²) in [5.74, 6) is -3.56. The molecular weight excluding hydrogens is 424 g/mol. The van der Waals surface area contributed by atoms with E-state index in [1.807, 2.05) is 0 Å². The Morgan fingerprint density at radius 1 is 1.17 bits per heavy atom. The zero-order valence-electron chi connectivity index (χ0n) is 14.0. The fourth-order valence-electron chi connectivity index (χ4n) is 2.76. The molecule has 152 valence electrons. The Bertz CT molecular complexity index is 1120. The quantitative estimate of drug-likeness (QED) is 0.441. The number of hydrogen-bond donors (Lipinski definition) is 1. The minimum absolute atomic E-state index is 0.00190. The van der Waals surface area contributed by atoms with E-state index < -0.39 is 23.3 Å². The van der Waals surface area contributed by atoms with Gasteiger partial charge in [-0.1, -0.05) is 22.5 Å². The average molecular weight is 433 g/mol. The summed E-state index contributed by atoms with van der Waals surface area (Å²) >= 11 is 5.95. The SMILES string of the molecule is O=C(O)/C=C/c1nn(OF)c2cc(Cc3ccc(F)cc3Cl)c(OF)c(OF)c12. The third kappa shape index (κ3) is 3.90. The molecule has 3 aromatic rings. The van der Waals surface area contributed by atoms with Crippen LogP contribution in [0.25, 0.3) is 17.0 Å². The molecule has 0 aliphatic rings. The minimum atomic E-state index is -1.37. The largest absolute Gasteiger partial charge is 0.478 e. The molecule has 0 saturated heterocycles. The van der Waals surface area contributed by atoms with Crippen molar-refractivity contribution >= 4 is 34.5 Å². The number of rotatable bonds is 7. The van der Waals surface area contributed by atoms with Gasteiger partial charge in [0.1, 0.15) is 17.0 Å². The molecule has 1 heterocycles. The summed E-state index contributed by atoms with van der Waals surface area (Å²) < 4.78 is 52.7. The molecule has 0 atom stereocenters. The highest BCUT2D eigenvalue weighted by Crippen LogP contribution is 2.43. The van der Waals surface area contributed by atoms with Crippen molar-refractivity contribution in [2.45, 2.75) is 6.42 Å². The van der Waals surface area contributed by atoms with Crippen LogP contribution in [-0.4, -0.2) is 21.0 Å². The molecule has 7 nitrogen and oxygen atoms in total. The van der Waals surface area contributed by atoms with Crippen molar-refractivity contribution in [1.29, 1.82) is 0 Å². The number of benzene rings is 2. The Morgan fingerprint density at radius 2 is 1.90 bits per heavy atom. The zero-order valence-corrected chi connectivity index (χ0v) is 14.8. The summed E-state index contributed by atoms with van der Waals surface area (Å²) in [6.07, 6.45) is 1.33. The van der Waals surface area contributed by atoms with Crippen molar-refractivity contribution < 1.29 is 42.8 Å². The Morgan fingerprint density at radius 3 is 2.48 bits per heavy atom. The summed E-state index contributed by atoms with van der Waals surface area (Å²) in [5, 5.41) is 15.6. The Labute approximate surface area is 163 Å². The number of fused-ring (bicyclic) bond motifs is 1. The maximum atomic E-state index is 13.3. The van der Waals surface area contributed by atoms with Crippen LogP contribution in [0, 0.1) is 5.82 Å². The Kier molecular flexibility index (Phi) is 5.78. The highest BCUT2D eigenvalue weighted by molar-refractivity contribution is 6.31. The lowest BCUT2D eigenvalue weighted by atomic mass is 10.0. The fraction of sp³-hybridized carbons (Fsp3) is 0.0588. The smallest absolute Gasteiger partial charge is 0.328 e. The highest BCUT2D eigenvalue weighted by atomic mass is 35.5. The van der Waals surface area contributed by atoms with Crippen molar-refractivity contribution in [2.24, 2.45) is 0 Å². The van der Waals surface area contributed by atoms with Crippen LogP contribution >= 0.6 is 11.6 Å². The van der Waals surface area contributed by atoms with Crippen molar-refractivity contribution in [2.75, 3.05) is 0 Å². The third-order valence-corrected chi connectivity index (χ3v) is 4.30. The Balaban J connectivity index is 2.25. The Hall–Kier alpha value is -3.47. The molecule has 0 spiro atoms. The number of aliphatic carboxylic acids is 1. The second-order valence-corrected chi connectivity index (χ2v) is 6.06. The van der Waals surface area contributed by atoms with Crippen LogP contribution in [-0.2, 0) is 11.2 Å². The van der Waals surface area contributed by atoms with E-state index in [0.29, 0.717) is 16.5 Å². The number of nitrogens with zero attached hydrogens (tertiary/aromatic N) is 2. The molecule has 2 aromatic carbocycles. The summed E-state index contributed by atoms with van der Waals surface area (Å²) in [5.41, 5.74) is -0.307. The molecule has 0 radical (unpaired) electrons. The number of hydrogen-bond acceptors (Lipinski definition) is 5. The van der Waals surface area contributed by atoms with E-state index in [2.05, 4.69) is 20.0 Å². The molecule has 29 heavy (non-hydrogen) atoms. The minimum Gasteiger partial charge on any atom is -0.478 e. The predicted molar refractivity (Wildman–Crippen MR) is 91.8 cm³/mol. The fourth-order valence-corrected chi connectivity index (χ4v) is 2.99. The zero-order chi connectivity index (χ0) is 21.1.